The van der Waals surface area contributed by atoms with Gasteiger partial charge >= 0.3 is 0 Å². The first-order valence-electron chi connectivity index (χ1n) is 8.01. The van der Waals surface area contributed by atoms with Gasteiger partial charge in [0.15, 0.2) is 5.13 Å². The smallest absolute Gasteiger partial charge is 0.245 e. The van der Waals surface area contributed by atoms with Gasteiger partial charge in [-0.15, -0.1) is 11.3 Å². The molecule has 1 saturated heterocycles. The van der Waals surface area contributed by atoms with Crippen LogP contribution in [0.1, 0.15) is 6.92 Å². The van der Waals surface area contributed by atoms with Crippen LogP contribution in [0.25, 0.3) is 11.3 Å². The van der Waals surface area contributed by atoms with Crippen LogP contribution in [0.2, 0.25) is 0 Å². The molecule has 1 aromatic heterocycles. The Balaban J connectivity index is 1.66. The number of sulfonamides is 1. The van der Waals surface area contributed by atoms with Crippen molar-refractivity contribution in [3.8, 4) is 11.3 Å². The molecular formula is C16H20N4O4S2. The molecule has 0 radical (unpaired) electrons. The Labute approximate surface area is 156 Å². The number of hydrogen-bond acceptors (Lipinski definition) is 7. The van der Waals surface area contributed by atoms with Crippen LogP contribution in [-0.2, 0) is 19.6 Å². The third-order valence-corrected chi connectivity index (χ3v) is 5.18. The van der Waals surface area contributed by atoms with Crippen molar-refractivity contribution < 1.29 is 17.9 Å². The number of morpholine rings is 1. The van der Waals surface area contributed by atoms with Crippen LogP contribution in [0.3, 0.4) is 0 Å². The molecule has 1 aliphatic rings. The fraction of sp³-hybridized carbons (Fsp3) is 0.375. The predicted molar refractivity (Wildman–Crippen MR) is 102 cm³/mol. The first kappa shape index (κ1) is 18.8. The van der Waals surface area contributed by atoms with Gasteiger partial charge in [-0.25, -0.2) is 13.4 Å². The molecule has 2 aromatic rings. The Morgan fingerprint density at radius 1 is 1.35 bits per heavy atom. The third-order valence-electron chi connectivity index (χ3n) is 3.82. The van der Waals surface area contributed by atoms with Gasteiger partial charge in [0.25, 0.3) is 0 Å². The fourth-order valence-electron chi connectivity index (χ4n) is 2.60. The number of anilines is 2. The zero-order valence-corrected chi connectivity index (χ0v) is 16.0. The van der Waals surface area contributed by atoms with Crippen LogP contribution >= 0.6 is 11.3 Å². The number of nitrogens with zero attached hydrogens (tertiary/aromatic N) is 1. The molecule has 0 aliphatic carbocycles. The summed E-state index contributed by atoms with van der Waals surface area (Å²) in [4.78, 5) is 16.8. The predicted octanol–water partition coefficient (Wildman–Crippen LogP) is 1.50. The highest BCUT2D eigenvalue weighted by Gasteiger charge is 2.28. The van der Waals surface area contributed by atoms with E-state index in [0.717, 1.165) is 11.8 Å². The molecule has 0 saturated carbocycles. The molecule has 0 bridgehead atoms. The average molecular weight is 396 g/mol. The van der Waals surface area contributed by atoms with Gasteiger partial charge in [0.1, 0.15) is 6.04 Å². The second-order valence-corrected chi connectivity index (χ2v) is 8.59. The van der Waals surface area contributed by atoms with E-state index in [-0.39, 0.29) is 12.0 Å². The summed E-state index contributed by atoms with van der Waals surface area (Å²) in [6.07, 6.45) is 0.904. The minimum Gasteiger partial charge on any atom is -0.375 e. The maximum atomic E-state index is 12.3. The maximum absolute atomic E-state index is 12.3. The number of nitrogens with one attached hydrogen (secondary N) is 3. The van der Waals surface area contributed by atoms with Crippen LogP contribution in [0.4, 0.5) is 10.8 Å². The molecule has 2 atom stereocenters. The molecule has 10 heteroatoms. The quantitative estimate of drug-likeness (QED) is 0.707. The van der Waals surface area contributed by atoms with Crippen molar-refractivity contribution in [1.82, 2.24) is 10.3 Å². The molecule has 1 aromatic carbocycles. The van der Waals surface area contributed by atoms with E-state index in [1.54, 1.807) is 24.3 Å². The van der Waals surface area contributed by atoms with Gasteiger partial charge in [-0.2, -0.15) is 0 Å². The van der Waals surface area contributed by atoms with E-state index in [9.17, 15) is 13.2 Å². The van der Waals surface area contributed by atoms with E-state index in [4.69, 9.17) is 4.74 Å². The summed E-state index contributed by atoms with van der Waals surface area (Å²) in [6, 6.07) is 6.47. The van der Waals surface area contributed by atoms with Gasteiger partial charge in [0.05, 0.1) is 24.7 Å². The molecule has 0 spiro atoms. The summed E-state index contributed by atoms with van der Waals surface area (Å²) >= 11 is 1.33. The molecule has 1 fully saturated rings. The number of thiazole rings is 1. The lowest BCUT2D eigenvalue weighted by atomic mass is 10.1. The number of carbonyl (C=O) groups excluding carboxylic acids is 1. The molecule has 8 nitrogen and oxygen atoms in total. The minimum absolute atomic E-state index is 0.175. The number of ether oxygens (including phenoxy) is 1. The molecule has 3 rings (SSSR count). The summed E-state index contributed by atoms with van der Waals surface area (Å²) < 4.78 is 30.4. The fourth-order valence-corrected chi connectivity index (χ4v) is 3.88. The minimum atomic E-state index is -3.31. The number of carbonyl (C=O) groups is 1. The number of amides is 1. The largest absolute Gasteiger partial charge is 0.375 e. The van der Waals surface area contributed by atoms with Crippen molar-refractivity contribution >= 4 is 38.1 Å². The van der Waals surface area contributed by atoms with E-state index in [2.05, 4.69) is 20.3 Å². The Morgan fingerprint density at radius 2 is 2.08 bits per heavy atom. The summed E-state index contributed by atoms with van der Waals surface area (Å²) in [7, 11) is -3.31. The topological polar surface area (TPSA) is 109 Å². The Hall–Kier alpha value is -2.01. The second-order valence-electron chi connectivity index (χ2n) is 5.99. The van der Waals surface area contributed by atoms with Gasteiger partial charge < -0.3 is 15.4 Å². The highest BCUT2D eigenvalue weighted by Crippen LogP contribution is 2.26. The van der Waals surface area contributed by atoms with Gasteiger partial charge in [-0.1, -0.05) is 12.1 Å². The zero-order chi connectivity index (χ0) is 18.7. The molecule has 3 N–H and O–H groups in total. The first-order valence-corrected chi connectivity index (χ1v) is 10.8. The number of benzene rings is 1. The van der Waals surface area contributed by atoms with Crippen molar-refractivity contribution in [2.24, 2.45) is 0 Å². The number of rotatable bonds is 5. The van der Waals surface area contributed by atoms with Crippen LogP contribution in [0.5, 0.6) is 0 Å². The Bertz CT molecular complexity index is 880. The van der Waals surface area contributed by atoms with Gasteiger partial charge in [-0.3, -0.25) is 9.52 Å². The molecule has 1 aliphatic heterocycles. The van der Waals surface area contributed by atoms with E-state index >= 15 is 0 Å². The number of hydrogen-bond donors (Lipinski definition) is 3. The van der Waals surface area contributed by atoms with Crippen LogP contribution in [-0.4, -0.2) is 50.9 Å². The van der Waals surface area contributed by atoms with Crippen LogP contribution < -0.4 is 15.4 Å². The highest BCUT2D eigenvalue weighted by molar-refractivity contribution is 7.92. The van der Waals surface area contributed by atoms with Crippen molar-refractivity contribution in [1.29, 1.82) is 0 Å². The summed E-state index contributed by atoms with van der Waals surface area (Å²) in [5.41, 5.74) is 2.02. The van der Waals surface area contributed by atoms with Crippen molar-refractivity contribution in [2.45, 2.75) is 19.1 Å². The lowest BCUT2D eigenvalue weighted by Crippen LogP contribution is -2.53. The molecular weight excluding hydrogens is 376 g/mol. The third kappa shape index (κ3) is 4.79. The molecule has 0 unspecified atom stereocenters. The summed E-state index contributed by atoms with van der Waals surface area (Å²) in [5.74, 6) is -0.175. The van der Waals surface area contributed by atoms with Crippen LogP contribution in [0.15, 0.2) is 29.6 Å². The van der Waals surface area contributed by atoms with E-state index in [1.807, 2.05) is 12.3 Å². The van der Waals surface area contributed by atoms with E-state index in [0.29, 0.717) is 29.7 Å². The maximum Gasteiger partial charge on any atom is 0.245 e. The lowest BCUT2D eigenvalue weighted by Gasteiger charge is -2.28. The Morgan fingerprint density at radius 3 is 2.73 bits per heavy atom. The monoisotopic (exact) mass is 396 g/mol. The number of aromatic nitrogens is 1. The van der Waals surface area contributed by atoms with Gasteiger partial charge in [-0.05, 0) is 19.1 Å². The van der Waals surface area contributed by atoms with Crippen LogP contribution in [0, 0.1) is 0 Å². The van der Waals surface area contributed by atoms with Crippen molar-refractivity contribution in [2.75, 3.05) is 29.4 Å². The van der Waals surface area contributed by atoms with Gasteiger partial charge in [0.2, 0.25) is 15.9 Å². The standard InChI is InChI=1S/C16H20N4O4S2/c1-10-14(17-7-8-24-10)15(21)19-16-18-13(9-25-16)11-3-5-12(6-4-11)20-26(2,22)23/h3-6,9-10,14,17,20H,7-8H2,1-2H3,(H,18,19,21)/t10-,14+/m1/s1. The van der Waals surface area contributed by atoms with Crippen molar-refractivity contribution in [3.05, 3.63) is 29.6 Å². The van der Waals surface area contributed by atoms with Gasteiger partial charge in [0, 0.05) is 23.2 Å². The van der Waals surface area contributed by atoms with Crippen molar-refractivity contribution in [3.63, 3.8) is 0 Å². The molecule has 2 heterocycles. The highest BCUT2D eigenvalue weighted by atomic mass is 32.2. The van der Waals surface area contributed by atoms with E-state index in [1.165, 1.54) is 11.3 Å². The Kier molecular flexibility index (Phi) is 5.56. The zero-order valence-electron chi connectivity index (χ0n) is 14.4. The summed E-state index contributed by atoms with van der Waals surface area (Å²) in [6.45, 7) is 3.09. The first-order chi connectivity index (χ1) is 12.3. The lowest BCUT2D eigenvalue weighted by molar-refractivity contribution is -0.123. The average Bonchev–Trinajstić information content (AvgIpc) is 3.03. The molecule has 1 amide bonds. The summed E-state index contributed by atoms with van der Waals surface area (Å²) in [5, 5.41) is 8.28. The van der Waals surface area contributed by atoms with E-state index < -0.39 is 16.1 Å². The normalized spacial score (nSPS) is 20.5. The molecule has 26 heavy (non-hydrogen) atoms. The molecule has 140 valence electrons. The second kappa shape index (κ2) is 7.70. The SMILES string of the molecule is C[C@H]1OCCN[C@@H]1C(=O)Nc1nc(-c2ccc(NS(C)(=O)=O)cc2)cs1.